The zero-order chi connectivity index (χ0) is 9.14. The summed E-state index contributed by atoms with van der Waals surface area (Å²) in [5.41, 5.74) is -0.412. The third-order valence-corrected chi connectivity index (χ3v) is 1.19. The first-order valence-electron chi connectivity index (χ1n) is 3.04. The molecule has 0 saturated carbocycles. The maximum absolute atomic E-state index is 12.3. The van der Waals surface area contributed by atoms with Crippen LogP contribution in [-0.2, 0) is 0 Å². The number of ketones is 1. The SMILES string of the molecule is O=C(c1cncc(F)c1)C(F)F. The van der Waals surface area contributed by atoms with E-state index in [0.717, 1.165) is 18.5 Å². The molecule has 12 heavy (non-hydrogen) atoms. The van der Waals surface area contributed by atoms with Crippen LogP contribution >= 0.6 is 0 Å². The van der Waals surface area contributed by atoms with Gasteiger partial charge in [-0.1, -0.05) is 0 Å². The van der Waals surface area contributed by atoms with Gasteiger partial charge in [-0.25, -0.2) is 13.2 Å². The first kappa shape index (κ1) is 8.70. The number of hydrogen-bond donors (Lipinski definition) is 0. The summed E-state index contributed by atoms with van der Waals surface area (Å²) in [7, 11) is 0. The molecule has 0 aliphatic heterocycles. The first-order chi connectivity index (χ1) is 5.61. The smallest absolute Gasteiger partial charge is 0.288 e. The van der Waals surface area contributed by atoms with E-state index in [0.29, 0.717) is 0 Å². The molecule has 1 rings (SSSR count). The molecule has 0 aliphatic rings. The predicted octanol–water partition coefficient (Wildman–Crippen LogP) is 1.67. The van der Waals surface area contributed by atoms with Gasteiger partial charge in [0.25, 0.3) is 0 Å². The molecule has 5 heteroatoms. The summed E-state index contributed by atoms with van der Waals surface area (Å²) in [6.07, 6.45) is -1.38. The summed E-state index contributed by atoms with van der Waals surface area (Å²) < 4.78 is 35.8. The molecule has 1 aromatic rings. The van der Waals surface area contributed by atoms with Crippen molar-refractivity contribution in [3.8, 4) is 0 Å². The van der Waals surface area contributed by atoms with Crippen LogP contribution in [0, 0.1) is 5.82 Å². The van der Waals surface area contributed by atoms with Gasteiger partial charge < -0.3 is 0 Å². The van der Waals surface area contributed by atoms with Gasteiger partial charge in [0.2, 0.25) is 5.78 Å². The van der Waals surface area contributed by atoms with Crippen LogP contribution in [0.3, 0.4) is 0 Å². The summed E-state index contributed by atoms with van der Waals surface area (Å²) in [4.78, 5) is 13.8. The molecule has 0 aliphatic carbocycles. The van der Waals surface area contributed by atoms with Crippen molar-refractivity contribution < 1.29 is 18.0 Å². The molecule has 0 amide bonds. The fourth-order valence-corrected chi connectivity index (χ4v) is 0.673. The van der Waals surface area contributed by atoms with Crippen molar-refractivity contribution in [3.63, 3.8) is 0 Å². The number of rotatable bonds is 2. The molecule has 64 valence electrons. The molecular weight excluding hydrogens is 171 g/mol. The Morgan fingerprint density at radius 3 is 2.58 bits per heavy atom. The number of pyridine rings is 1. The van der Waals surface area contributed by atoms with Gasteiger partial charge in [-0.15, -0.1) is 0 Å². The highest BCUT2D eigenvalue weighted by Crippen LogP contribution is 2.07. The standard InChI is InChI=1S/C7H4F3NO/c8-5-1-4(2-11-3-5)6(12)7(9)10/h1-3,7H. The van der Waals surface area contributed by atoms with Crippen LogP contribution in [0.4, 0.5) is 13.2 Å². The Morgan fingerprint density at radius 2 is 2.08 bits per heavy atom. The number of alkyl halides is 2. The molecule has 0 fully saturated rings. The van der Waals surface area contributed by atoms with E-state index in [9.17, 15) is 18.0 Å². The summed E-state index contributed by atoms with van der Waals surface area (Å²) in [6, 6.07) is 0.724. The lowest BCUT2D eigenvalue weighted by atomic mass is 10.2. The topological polar surface area (TPSA) is 30.0 Å². The second kappa shape index (κ2) is 3.34. The lowest BCUT2D eigenvalue weighted by molar-refractivity contribution is 0.0678. The van der Waals surface area contributed by atoms with Crippen LogP contribution in [0.5, 0.6) is 0 Å². The van der Waals surface area contributed by atoms with Gasteiger partial charge in [0.1, 0.15) is 5.82 Å². The minimum absolute atomic E-state index is 0.412. The van der Waals surface area contributed by atoms with Gasteiger partial charge in [-0.3, -0.25) is 9.78 Å². The second-order valence-corrected chi connectivity index (χ2v) is 2.06. The lowest BCUT2D eigenvalue weighted by Gasteiger charge is -1.97. The van der Waals surface area contributed by atoms with Crippen LogP contribution in [-0.4, -0.2) is 17.2 Å². The summed E-state index contributed by atoms with van der Waals surface area (Å²) in [5, 5.41) is 0. The third kappa shape index (κ3) is 1.81. The maximum Gasteiger partial charge on any atom is 0.300 e. The van der Waals surface area contributed by atoms with Crippen molar-refractivity contribution >= 4 is 5.78 Å². The molecule has 0 unspecified atom stereocenters. The van der Waals surface area contributed by atoms with E-state index in [1.54, 1.807) is 0 Å². The van der Waals surface area contributed by atoms with Crippen LogP contribution in [0.2, 0.25) is 0 Å². The molecule has 0 atom stereocenters. The van der Waals surface area contributed by atoms with Crippen LogP contribution in [0.1, 0.15) is 10.4 Å². The van der Waals surface area contributed by atoms with E-state index in [-0.39, 0.29) is 0 Å². The quantitative estimate of drug-likeness (QED) is 0.640. The molecule has 1 heterocycles. The number of aromatic nitrogens is 1. The minimum Gasteiger partial charge on any atom is -0.288 e. The molecule has 0 saturated heterocycles. The Morgan fingerprint density at radius 1 is 1.42 bits per heavy atom. The Labute approximate surface area is 66.0 Å². The highest BCUT2D eigenvalue weighted by molar-refractivity contribution is 5.98. The van der Waals surface area contributed by atoms with E-state index >= 15 is 0 Å². The van der Waals surface area contributed by atoms with Crippen molar-refractivity contribution in [1.29, 1.82) is 0 Å². The number of halogens is 3. The van der Waals surface area contributed by atoms with E-state index < -0.39 is 23.6 Å². The molecule has 2 nitrogen and oxygen atoms in total. The number of Topliss-reactive ketones (excluding diaryl/α,β-unsaturated/α-hetero) is 1. The Bertz CT molecular complexity index is 300. The van der Waals surface area contributed by atoms with Crippen LogP contribution in [0.25, 0.3) is 0 Å². The van der Waals surface area contributed by atoms with Gasteiger partial charge in [0, 0.05) is 11.8 Å². The summed E-state index contributed by atoms with van der Waals surface area (Å²) in [5.74, 6) is -2.22. The largest absolute Gasteiger partial charge is 0.300 e. The van der Waals surface area contributed by atoms with Crippen LogP contribution in [0.15, 0.2) is 18.5 Å². The van der Waals surface area contributed by atoms with Gasteiger partial charge in [0.05, 0.1) is 6.20 Å². The fourth-order valence-electron chi connectivity index (χ4n) is 0.673. The zero-order valence-electron chi connectivity index (χ0n) is 5.80. The number of carbonyl (C=O) groups excluding carboxylic acids is 1. The normalized spacial score (nSPS) is 10.3. The van der Waals surface area contributed by atoms with Crippen molar-refractivity contribution in [3.05, 3.63) is 29.8 Å². The maximum atomic E-state index is 12.3. The first-order valence-corrected chi connectivity index (χ1v) is 3.04. The van der Waals surface area contributed by atoms with Gasteiger partial charge in [0.15, 0.2) is 0 Å². The monoisotopic (exact) mass is 175 g/mol. The van der Waals surface area contributed by atoms with Crippen LogP contribution < -0.4 is 0 Å². The molecule has 1 aromatic heterocycles. The average Bonchev–Trinajstić information content (AvgIpc) is 2.03. The fraction of sp³-hybridized carbons (Fsp3) is 0.143. The Hall–Kier alpha value is -1.39. The molecular formula is C7H4F3NO. The van der Waals surface area contributed by atoms with Crippen molar-refractivity contribution in [2.45, 2.75) is 6.43 Å². The van der Waals surface area contributed by atoms with E-state index in [1.165, 1.54) is 0 Å². The van der Waals surface area contributed by atoms with E-state index in [2.05, 4.69) is 4.98 Å². The second-order valence-electron chi connectivity index (χ2n) is 2.06. The minimum atomic E-state index is -3.12. The highest BCUT2D eigenvalue weighted by atomic mass is 19.3. The number of nitrogens with zero attached hydrogens (tertiary/aromatic N) is 1. The molecule has 0 aromatic carbocycles. The lowest BCUT2D eigenvalue weighted by Crippen LogP contribution is -2.10. The van der Waals surface area contributed by atoms with Gasteiger partial charge in [-0.2, -0.15) is 0 Å². The van der Waals surface area contributed by atoms with Crippen molar-refractivity contribution in [1.82, 2.24) is 4.98 Å². The Balaban J connectivity index is 2.96. The molecule has 0 radical (unpaired) electrons. The zero-order valence-corrected chi connectivity index (χ0v) is 5.80. The third-order valence-electron chi connectivity index (χ3n) is 1.19. The van der Waals surface area contributed by atoms with Crippen molar-refractivity contribution in [2.24, 2.45) is 0 Å². The van der Waals surface area contributed by atoms with Crippen molar-refractivity contribution in [2.75, 3.05) is 0 Å². The number of hydrogen-bond acceptors (Lipinski definition) is 2. The van der Waals surface area contributed by atoms with Gasteiger partial charge in [-0.05, 0) is 6.07 Å². The predicted molar refractivity (Wildman–Crippen MR) is 34.5 cm³/mol. The summed E-state index contributed by atoms with van der Waals surface area (Å²) >= 11 is 0. The highest BCUT2D eigenvalue weighted by Gasteiger charge is 2.18. The van der Waals surface area contributed by atoms with E-state index in [4.69, 9.17) is 0 Å². The summed E-state index contributed by atoms with van der Waals surface area (Å²) in [6.45, 7) is 0. The van der Waals surface area contributed by atoms with E-state index in [1.807, 2.05) is 0 Å². The molecule has 0 N–H and O–H groups in total. The average molecular weight is 175 g/mol. The molecule has 0 spiro atoms. The molecule has 0 bridgehead atoms. The Kier molecular flexibility index (Phi) is 2.42. The number of carbonyl (C=O) groups is 1. The van der Waals surface area contributed by atoms with Gasteiger partial charge >= 0.3 is 6.43 Å².